The van der Waals surface area contributed by atoms with E-state index in [9.17, 15) is 9.59 Å². The summed E-state index contributed by atoms with van der Waals surface area (Å²) in [6, 6.07) is 16.0. The molecule has 0 saturated heterocycles. The zero-order valence-electron chi connectivity index (χ0n) is 13.4. The van der Waals surface area contributed by atoms with Crippen LogP contribution in [0.1, 0.15) is 6.42 Å². The maximum Gasteiger partial charge on any atom is 0.309 e. The fraction of sp³-hybridized carbons (Fsp3) is 0.222. The number of esters is 1. The molecule has 0 spiro atoms. The van der Waals surface area contributed by atoms with Gasteiger partial charge in [-0.05, 0) is 36.4 Å². The average molecular weight is 329 g/mol. The van der Waals surface area contributed by atoms with Gasteiger partial charge in [0.25, 0.3) is 5.91 Å². The molecule has 126 valence electrons. The number of carbonyl (C=O) groups excluding carboxylic acids is 2. The molecule has 0 aromatic heterocycles. The second kappa shape index (κ2) is 9.19. The van der Waals surface area contributed by atoms with Crippen LogP contribution in [0.15, 0.2) is 54.6 Å². The lowest BCUT2D eigenvalue weighted by Gasteiger charge is -2.08. The quantitative estimate of drug-likeness (QED) is 0.754. The topological polar surface area (TPSA) is 73.9 Å². The van der Waals surface area contributed by atoms with Crippen LogP contribution in [0.5, 0.6) is 11.5 Å². The highest BCUT2D eigenvalue weighted by molar-refractivity contribution is 5.92. The van der Waals surface area contributed by atoms with Crippen molar-refractivity contribution in [3.8, 4) is 11.5 Å². The third kappa shape index (κ3) is 6.00. The summed E-state index contributed by atoms with van der Waals surface area (Å²) in [5.74, 6) is 0.480. The molecule has 0 fully saturated rings. The first kappa shape index (κ1) is 17.3. The van der Waals surface area contributed by atoms with E-state index in [4.69, 9.17) is 14.2 Å². The Bertz CT molecular complexity index is 655. The van der Waals surface area contributed by atoms with Gasteiger partial charge in [-0.1, -0.05) is 18.2 Å². The second-order valence-electron chi connectivity index (χ2n) is 4.85. The van der Waals surface area contributed by atoms with E-state index in [1.807, 2.05) is 18.2 Å². The number of nitrogens with one attached hydrogen (secondary N) is 1. The van der Waals surface area contributed by atoms with Crippen LogP contribution in [-0.2, 0) is 14.3 Å². The van der Waals surface area contributed by atoms with Crippen molar-refractivity contribution in [1.29, 1.82) is 0 Å². The first-order valence-electron chi connectivity index (χ1n) is 7.45. The van der Waals surface area contributed by atoms with Crippen molar-refractivity contribution in [2.75, 3.05) is 25.6 Å². The van der Waals surface area contributed by atoms with Gasteiger partial charge in [-0.15, -0.1) is 0 Å². The standard InChI is InChI=1S/C18H19NO5/c1-22-15-9-7-14(8-10-15)19-17(20)13-24-18(21)11-12-23-16-5-3-2-4-6-16/h2-10H,11-13H2,1H3,(H,19,20). The molecule has 6 heteroatoms. The van der Waals surface area contributed by atoms with Crippen LogP contribution < -0.4 is 14.8 Å². The van der Waals surface area contributed by atoms with Gasteiger partial charge >= 0.3 is 5.97 Å². The van der Waals surface area contributed by atoms with Crippen molar-refractivity contribution in [2.45, 2.75) is 6.42 Å². The van der Waals surface area contributed by atoms with Gasteiger partial charge in [-0.25, -0.2) is 0 Å². The molecule has 1 amide bonds. The van der Waals surface area contributed by atoms with Crippen molar-refractivity contribution in [3.63, 3.8) is 0 Å². The number of anilines is 1. The van der Waals surface area contributed by atoms with Gasteiger partial charge in [0.15, 0.2) is 6.61 Å². The first-order chi connectivity index (χ1) is 11.7. The number of hydrogen-bond donors (Lipinski definition) is 1. The monoisotopic (exact) mass is 329 g/mol. The predicted molar refractivity (Wildman–Crippen MR) is 89.1 cm³/mol. The molecule has 0 aliphatic carbocycles. The molecule has 1 N–H and O–H groups in total. The van der Waals surface area contributed by atoms with Gasteiger partial charge in [0, 0.05) is 5.69 Å². The van der Waals surface area contributed by atoms with Gasteiger partial charge in [0.05, 0.1) is 20.1 Å². The Morgan fingerprint density at radius 2 is 1.67 bits per heavy atom. The van der Waals surface area contributed by atoms with Crippen LogP contribution in [0, 0.1) is 0 Å². The van der Waals surface area contributed by atoms with Crippen LogP contribution in [0.3, 0.4) is 0 Å². The Morgan fingerprint density at radius 3 is 2.33 bits per heavy atom. The molecule has 24 heavy (non-hydrogen) atoms. The first-order valence-corrected chi connectivity index (χ1v) is 7.45. The molecular formula is C18H19NO5. The Labute approximate surface area is 140 Å². The molecule has 0 saturated carbocycles. The van der Waals surface area contributed by atoms with Crippen molar-refractivity contribution < 1.29 is 23.8 Å². The molecule has 2 aromatic rings. The van der Waals surface area contributed by atoms with E-state index in [-0.39, 0.29) is 19.6 Å². The molecule has 0 aliphatic heterocycles. The number of benzene rings is 2. The lowest BCUT2D eigenvalue weighted by Crippen LogP contribution is -2.21. The lowest BCUT2D eigenvalue weighted by molar-refractivity contribution is -0.147. The Balaban J connectivity index is 1.64. The molecule has 0 radical (unpaired) electrons. The van der Waals surface area contributed by atoms with E-state index < -0.39 is 11.9 Å². The summed E-state index contributed by atoms with van der Waals surface area (Å²) in [5.41, 5.74) is 0.601. The zero-order valence-corrected chi connectivity index (χ0v) is 13.4. The highest BCUT2D eigenvalue weighted by Gasteiger charge is 2.08. The van der Waals surface area contributed by atoms with Gasteiger partial charge in [0.2, 0.25) is 0 Å². The van der Waals surface area contributed by atoms with Crippen molar-refractivity contribution in [2.24, 2.45) is 0 Å². The number of amides is 1. The van der Waals surface area contributed by atoms with Crippen LogP contribution in [0.25, 0.3) is 0 Å². The molecule has 0 unspecified atom stereocenters. The Kier molecular flexibility index (Phi) is 6.64. The number of hydrogen-bond acceptors (Lipinski definition) is 5. The Morgan fingerprint density at radius 1 is 0.958 bits per heavy atom. The number of carbonyl (C=O) groups is 2. The van der Waals surface area contributed by atoms with Crippen LogP contribution >= 0.6 is 0 Å². The molecule has 0 heterocycles. The number of methoxy groups -OCH3 is 1. The molecular weight excluding hydrogens is 310 g/mol. The maximum absolute atomic E-state index is 11.7. The minimum Gasteiger partial charge on any atom is -0.497 e. The third-order valence-electron chi connectivity index (χ3n) is 3.06. The molecule has 2 rings (SSSR count). The van der Waals surface area contributed by atoms with Crippen LogP contribution in [0.2, 0.25) is 0 Å². The SMILES string of the molecule is COc1ccc(NC(=O)COC(=O)CCOc2ccccc2)cc1. The minimum atomic E-state index is -0.490. The predicted octanol–water partition coefficient (Wildman–Crippen LogP) is 2.65. The smallest absolute Gasteiger partial charge is 0.309 e. The van der Waals surface area contributed by atoms with E-state index in [1.165, 1.54) is 0 Å². The summed E-state index contributed by atoms with van der Waals surface area (Å²) in [4.78, 5) is 23.3. The van der Waals surface area contributed by atoms with Crippen molar-refractivity contribution >= 4 is 17.6 Å². The van der Waals surface area contributed by atoms with E-state index >= 15 is 0 Å². The summed E-state index contributed by atoms with van der Waals surface area (Å²) >= 11 is 0. The minimum absolute atomic E-state index is 0.0741. The molecule has 0 atom stereocenters. The lowest BCUT2D eigenvalue weighted by atomic mass is 10.3. The fourth-order valence-electron chi connectivity index (χ4n) is 1.86. The number of rotatable bonds is 8. The van der Waals surface area contributed by atoms with Crippen LogP contribution in [0.4, 0.5) is 5.69 Å². The van der Waals surface area contributed by atoms with E-state index in [0.29, 0.717) is 17.2 Å². The van der Waals surface area contributed by atoms with Crippen LogP contribution in [-0.4, -0.2) is 32.2 Å². The number of para-hydroxylation sites is 1. The average Bonchev–Trinajstić information content (AvgIpc) is 2.61. The van der Waals surface area contributed by atoms with E-state index in [2.05, 4.69) is 5.32 Å². The van der Waals surface area contributed by atoms with Gasteiger partial charge < -0.3 is 19.5 Å². The third-order valence-corrected chi connectivity index (χ3v) is 3.06. The summed E-state index contributed by atoms with van der Waals surface area (Å²) in [7, 11) is 1.56. The highest BCUT2D eigenvalue weighted by Crippen LogP contribution is 2.14. The van der Waals surface area contributed by atoms with Gasteiger partial charge in [-0.3, -0.25) is 9.59 Å². The summed E-state index contributed by atoms with van der Waals surface area (Å²) in [6.45, 7) is -0.140. The van der Waals surface area contributed by atoms with Gasteiger partial charge in [0.1, 0.15) is 11.5 Å². The Hall–Kier alpha value is -3.02. The summed E-state index contributed by atoms with van der Waals surface area (Å²) in [6.07, 6.45) is 0.0741. The highest BCUT2D eigenvalue weighted by atomic mass is 16.5. The normalized spacial score (nSPS) is 9.88. The van der Waals surface area contributed by atoms with E-state index in [0.717, 1.165) is 0 Å². The second-order valence-corrected chi connectivity index (χ2v) is 4.85. The summed E-state index contributed by atoms with van der Waals surface area (Å²) < 4.78 is 15.3. The largest absolute Gasteiger partial charge is 0.497 e. The molecule has 2 aromatic carbocycles. The van der Waals surface area contributed by atoms with E-state index in [1.54, 1.807) is 43.5 Å². The molecule has 6 nitrogen and oxygen atoms in total. The number of ether oxygens (including phenoxy) is 3. The maximum atomic E-state index is 11.7. The van der Waals surface area contributed by atoms with Crippen molar-refractivity contribution in [3.05, 3.63) is 54.6 Å². The van der Waals surface area contributed by atoms with Gasteiger partial charge in [-0.2, -0.15) is 0 Å². The van der Waals surface area contributed by atoms with Crippen molar-refractivity contribution in [1.82, 2.24) is 0 Å². The molecule has 0 bridgehead atoms. The fourth-order valence-corrected chi connectivity index (χ4v) is 1.86. The zero-order chi connectivity index (χ0) is 17.2. The molecule has 0 aliphatic rings. The summed E-state index contributed by atoms with van der Waals surface area (Å²) in [5, 5.41) is 2.63.